The molecule has 0 saturated heterocycles. The quantitative estimate of drug-likeness (QED) is 0.866. The van der Waals surface area contributed by atoms with E-state index in [0.29, 0.717) is 12.7 Å². The number of ether oxygens (including phenoxy) is 2. The van der Waals surface area contributed by atoms with Crippen molar-refractivity contribution in [1.29, 1.82) is 0 Å². The van der Waals surface area contributed by atoms with Crippen molar-refractivity contribution in [2.45, 2.75) is 25.3 Å². The maximum atomic E-state index is 6.24. The van der Waals surface area contributed by atoms with E-state index in [1.807, 2.05) is 12.1 Å². The summed E-state index contributed by atoms with van der Waals surface area (Å²) in [6.07, 6.45) is 3.79. The molecule has 2 aliphatic rings. The zero-order chi connectivity index (χ0) is 10.3. The van der Waals surface area contributed by atoms with Gasteiger partial charge in [-0.1, -0.05) is 18.6 Å². The Bertz CT molecular complexity index is 379. The van der Waals surface area contributed by atoms with E-state index in [2.05, 4.69) is 6.07 Å². The lowest BCUT2D eigenvalue weighted by Crippen LogP contribution is -2.27. The Labute approximate surface area is 101 Å². The average Bonchev–Trinajstić information content (AvgIpc) is 2.61. The van der Waals surface area contributed by atoms with E-state index >= 15 is 0 Å². The summed E-state index contributed by atoms with van der Waals surface area (Å²) in [5.41, 5.74) is 7.34. The van der Waals surface area contributed by atoms with Gasteiger partial charge in [0.1, 0.15) is 0 Å². The summed E-state index contributed by atoms with van der Waals surface area (Å²) in [7, 11) is 0. The van der Waals surface area contributed by atoms with Crippen molar-refractivity contribution in [3.05, 3.63) is 23.8 Å². The Balaban J connectivity index is 0.000000963. The van der Waals surface area contributed by atoms with E-state index in [1.54, 1.807) is 0 Å². The third-order valence-electron chi connectivity index (χ3n) is 3.44. The average molecular weight is 242 g/mol. The fraction of sp³-hybridized carbons (Fsp3) is 0.500. The Morgan fingerprint density at radius 3 is 2.75 bits per heavy atom. The highest BCUT2D eigenvalue weighted by molar-refractivity contribution is 5.85. The van der Waals surface area contributed by atoms with E-state index in [1.165, 1.54) is 19.3 Å². The molecule has 1 aromatic carbocycles. The molecule has 1 atom stereocenters. The first-order valence-electron chi connectivity index (χ1n) is 5.50. The molecule has 1 heterocycles. The van der Waals surface area contributed by atoms with Crippen LogP contribution < -0.4 is 15.2 Å². The molecule has 4 heteroatoms. The summed E-state index contributed by atoms with van der Waals surface area (Å²) >= 11 is 0. The molecule has 0 unspecified atom stereocenters. The molecule has 0 amide bonds. The summed E-state index contributed by atoms with van der Waals surface area (Å²) in [6, 6.07) is 6.08. The summed E-state index contributed by atoms with van der Waals surface area (Å²) in [4.78, 5) is 0. The summed E-state index contributed by atoms with van der Waals surface area (Å²) in [5.74, 6) is 2.32. The molecule has 1 aliphatic carbocycles. The summed E-state index contributed by atoms with van der Waals surface area (Å²) in [6.45, 7) is 0.323. The van der Waals surface area contributed by atoms with Gasteiger partial charge in [-0.3, -0.25) is 0 Å². The number of halogens is 1. The van der Waals surface area contributed by atoms with Crippen LogP contribution in [0.3, 0.4) is 0 Å². The SMILES string of the molecule is Cl.N[C@@H](c1cccc2c1OCO2)C1CCC1. The van der Waals surface area contributed by atoms with E-state index < -0.39 is 0 Å². The van der Waals surface area contributed by atoms with E-state index in [-0.39, 0.29) is 18.4 Å². The molecule has 0 spiro atoms. The molecular formula is C12H16ClNO2. The number of hydrogen-bond acceptors (Lipinski definition) is 3. The number of nitrogens with two attached hydrogens (primary N) is 1. The van der Waals surface area contributed by atoms with Gasteiger partial charge in [0.2, 0.25) is 6.79 Å². The molecule has 3 nitrogen and oxygen atoms in total. The van der Waals surface area contributed by atoms with Crippen molar-refractivity contribution in [2.24, 2.45) is 11.7 Å². The zero-order valence-corrected chi connectivity index (χ0v) is 9.83. The summed E-state index contributed by atoms with van der Waals surface area (Å²) in [5, 5.41) is 0. The highest BCUT2D eigenvalue weighted by Crippen LogP contribution is 2.43. The smallest absolute Gasteiger partial charge is 0.231 e. The largest absolute Gasteiger partial charge is 0.454 e. The number of fused-ring (bicyclic) bond motifs is 1. The van der Waals surface area contributed by atoms with Crippen molar-refractivity contribution >= 4 is 12.4 Å². The molecule has 3 rings (SSSR count). The van der Waals surface area contributed by atoms with Gasteiger partial charge in [0, 0.05) is 11.6 Å². The van der Waals surface area contributed by atoms with Gasteiger partial charge in [0.05, 0.1) is 0 Å². The topological polar surface area (TPSA) is 44.5 Å². The van der Waals surface area contributed by atoms with Crippen molar-refractivity contribution < 1.29 is 9.47 Å². The highest BCUT2D eigenvalue weighted by Gasteiger charge is 2.29. The summed E-state index contributed by atoms with van der Waals surface area (Å²) < 4.78 is 10.8. The van der Waals surface area contributed by atoms with Crippen LogP contribution in [-0.2, 0) is 0 Å². The predicted octanol–water partition coefficient (Wildman–Crippen LogP) is 2.64. The first-order valence-corrected chi connectivity index (χ1v) is 5.50. The van der Waals surface area contributed by atoms with Gasteiger partial charge >= 0.3 is 0 Å². The van der Waals surface area contributed by atoms with Crippen LogP contribution in [0.5, 0.6) is 11.5 Å². The monoisotopic (exact) mass is 241 g/mol. The predicted molar refractivity (Wildman–Crippen MR) is 64.1 cm³/mol. The van der Waals surface area contributed by atoms with Crippen LogP contribution >= 0.6 is 12.4 Å². The third kappa shape index (κ3) is 1.74. The van der Waals surface area contributed by atoms with Crippen molar-refractivity contribution in [1.82, 2.24) is 0 Å². The number of rotatable bonds is 2. The van der Waals surface area contributed by atoms with Gasteiger partial charge in [-0.05, 0) is 24.8 Å². The van der Waals surface area contributed by atoms with Gasteiger partial charge in [-0.15, -0.1) is 12.4 Å². The molecule has 0 bridgehead atoms. The molecule has 2 N–H and O–H groups in total. The van der Waals surface area contributed by atoms with Crippen LogP contribution in [0.4, 0.5) is 0 Å². The number of para-hydroxylation sites is 1. The first-order chi connectivity index (χ1) is 7.36. The lowest BCUT2D eigenvalue weighted by atomic mass is 9.77. The van der Waals surface area contributed by atoms with Crippen molar-refractivity contribution in [2.75, 3.05) is 6.79 Å². The molecular weight excluding hydrogens is 226 g/mol. The van der Waals surface area contributed by atoms with E-state index in [4.69, 9.17) is 15.2 Å². The van der Waals surface area contributed by atoms with Gasteiger partial charge in [0.15, 0.2) is 11.5 Å². The molecule has 16 heavy (non-hydrogen) atoms. The second-order valence-electron chi connectivity index (χ2n) is 4.30. The maximum absolute atomic E-state index is 6.24. The standard InChI is InChI=1S/C12H15NO2.ClH/c13-11(8-3-1-4-8)9-5-2-6-10-12(9)15-7-14-10;/h2,5-6,8,11H,1,3-4,7,13H2;1H/t11-;/m1./s1. The van der Waals surface area contributed by atoms with Crippen LogP contribution in [0, 0.1) is 5.92 Å². The second-order valence-corrected chi connectivity index (χ2v) is 4.30. The fourth-order valence-electron chi connectivity index (χ4n) is 2.27. The zero-order valence-electron chi connectivity index (χ0n) is 9.02. The van der Waals surface area contributed by atoms with Crippen LogP contribution in [0.15, 0.2) is 18.2 Å². The minimum absolute atomic E-state index is 0. The maximum Gasteiger partial charge on any atom is 0.231 e. The lowest BCUT2D eigenvalue weighted by molar-refractivity contribution is 0.171. The third-order valence-corrected chi connectivity index (χ3v) is 3.44. The van der Waals surface area contributed by atoms with E-state index in [9.17, 15) is 0 Å². The molecule has 1 aliphatic heterocycles. The number of hydrogen-bond donors (Lipinski definition) is 1. The van der Waals surface area contributed by atoms with Crippen LogP contribution in [0.1, 0.15) is 30.9 Å². The van der Waals surface area contributed by atoms with Crippen molar-refractivity contribution in [3.8, 4) is 11.5 Å². The molecule has 1 aromatic rings. The Morgan fingerprint density at radius 1 is 1.25 bits per heavy atom. The second kappa shape index (κ2) is 4.52. The molecule has 1 fully saturated rings. The first kappa shape index (κ1) is 11.6. The minimum atomic E-state index is 0. The van der Waals surface area contributed by atoms with Crippen LogP contribution in [0.25, 0.3) is 0 Å². The molecule has 88 valence electrons. The normalized spacial score (nSPS) is 19.8. The minimum Gasteiger partial charge on any atom is -0.454 e. The van der Waals surface area contributed by atoms with E-state index in [0.717, 1.165) is 17.1 Å². The number of benzene rings is 1. The van der Waals surface area contributed by atoms with Gasteiger partial charge in [-0.25, -0.2) is 0 Å². The fourth-order valence-corrected chi connectivity index (χ4v) is 2.27. The highest BCUT2D eigenvalue weighted by atomic mass is 35.5. The van der Waals surface area contributed by atoms with Gasteiger partial charge < -0.3 is 15.2 Å². The van der Waals surface area contributed by atoms with Crippen molar-refractivity contribution in [3.63, 3.8) is 0 Å². The lowest BCUT2D eigenvalue weighted by Gasteiger charge is -2.31. The van der Waals surface area contributed by atoms with Gasteiger partial charge in [-0.2, -0.15) is 0 Å². The Morgan fingerprint density at radius 2 is 2.06 bits per heavy atom. The van der Waals surface area contributed by atoms with Gasteiger partial charge in [0.25, 0.3) is 0 Å². The van der Waals surface area contributed by atoms with Crippen LogP contribution in [0.2, 0.25) is 0 Å². The Kier molecular flexibility index (Phi) is 3.26. The molecule has 1 saturated carbocycles. The van der Waals surface area contributed by atoms with Crippen LogP contribution in [-0.4, -0.2) is 6.79 Å². The Hall–Kier alpha value is -0.930. The molecule has 0 aromatic heterocycles. The molecule has 0 radical (unpaired) electrons.